The fraction of sp³-hybridized carbons (Fsp3) is 0.222. The molecule has 150 valence electrons. The Morgan fingerprint density at radius 2 is 2.07 bits per heavy atom. The number of hydrogen-bond donors (Lipinski definition) is 2. The molecule has 11 heteroatoms. The Morgan fingerprint density at radius 3 is 2.83 bits per heavy atom. The van der Waals surface area contributed by atoms with E-state index in [1.54, 1.807) is 30.3 Å². The van der Waals surface area contributed by atoms with Crippen molar-refractivity contribution in [3.8, 4) is 5.69 Å². The molecule has 0 aliphatic heterocycles. The number of aryl methyl sites for hydroxylation is 1. The van der Waals surface area contributed by atoms with Gasteiger partial charge in [-0.2, -0.15) is 4.68 Å². The Labute approximate surface area is 171 Å². The molecule has 1 aliphatic carbocycles. The molecule has 0 atom stereocenters. The molecule has 0 saturated carbocycles. The highest BCUT2D eigenvalue weighted by atomic mass is 32.2. The van der Waals surface area contributed by atoms with Gasteiger partial charge in [0.1, 0.15) is 0 Å². The molecular formula is C18H17N5O4S2. The first-order chi connectivity index (χ1) is 13.9. The van der Waals surface area contributed by atoms with Gasteiger partial charge in [0.2, 0.25) is 5.16 Å². The number of carboxylic acids is 1. The molecule has 1 aromatic heterocycles. The number of tetrazole rings is 1. The van der Waals surface area contributed by atoms with Crippen LogP contribution in [0.4, 0.5) is 5.69 Å². The van der Waals surface area contributed by atoms with Gasteiger partial charge in [0.25, 0.3) is 10.0 Å². The van der Waals surface area contributed by atoms with E-state index in [9.17, 15) is 18.3 Å². The number of aromatic nitrogens is 4. The summed E-state index contributed by atoms with van der Waals surface area (Å²) in [6.45, 7) is 0. The van der Waals surface area contributed by atoms with E-state index in [4.69, 9.17) is 0 Å². The summed E-state index contributed by atoms with van der Waals surface area (Å²) in [6.07, 6.45) is 3.91. The average Bonchev–Trinajstić information content (AvgIpc) is 3.35. The minimum atomic E-state index is -3.98. The third-order valence-corrected chi connectivity index (χ3v) is 6.74. The van der Waals surface area contributed by atoms with Crippen LogP contribution in [-0.2, 0) is 22.9 Å². The highest BCUT2D eigenvalue weighted by Crippen LogP contribution is 2.31. The number of nitrogens with zero attached hydrogens (tertiary/aromatic N) is 4. The summed E-state index contributed by atoms with van der Waals surface area (Å²) in [5.41, 5.74) is 2.36. The van der Waals surface area contributed by atoms with Crippen molar-refractivity contribution in [3.05, 3.63) is 53.1 Å². The quantitative estimate of drug-likeness (QED) is 0.570. The summed E-state index contributed by atoms with van der Waals surface area (Å²) in [4.78, 5) is 11.5. The Kier molecular flexibility index (Phi) is 5.01. The van der Waals surface area contributed by atoms with Crippen molar-refractivity contribution in [3.63, 3.8) is 0 Å². The van der Waals surface area contributed by atoms with Gasteiger partial charge in [-0.25, -0.2) is 13.2 Å². The van der Waals surface area contributed by atoms with Gasteiger partial charge in [-0.15, -0.1) is 5.10 Å². The summed E-state index contributed by atoms with van der Waals surface area (Å²) in [7, 11) is -3.98. The first kappa shape index (κ1) is 19.4. The van der Waals surface area contributed by atoms with E-state index >= 15 is 0 Å². The predicted molar refractivity (Wildman–Crippen MR) is 107 cm³/mol. The van der Waals surface area contributed by atoms with E-state index < -0.39 is 16.0 Å². The smallest absolute Gasteiger partial charge is 0.335 e. The molecule has 9 nitrogen and oxygen atoms in total. The van der Waals surface area contributed by atoms with E-state index in [-0.39, 0.29) is 10.5 Å². The van der Waals surface area contributed by atoms with Crippen LogP contribution in [0.5, 0.6) is 0 Å². The number of carbonyl (C=O) groups is 1. The second-order valence-electron chi connectivity index (χ2n) is 6.50. The van der Waals surface area contributed by atoms with E-state index in [0.29, 0.717) is 34.9 Å². The number of sulfonamides is 1. The molecule has 0 saturated heterocycles. The number of carboxylic acid groups (broad SMARTS) is 1. The van der Waals surface area contributed by atoms with E-state index in [1.165, 1.54) is 22.5 Å². The fourth-order valence-corrected chi connectivity index (χ4v) is 5.23. The molecule has 0 amide bonds. The highest BCUT2D eigenvalue weighted by Gasteiger charge is 2.26. The van der Waals surface area contributed by atoms with E-state index in [1.807, 2.05) is 6.26 Å². The van der Waals surface area contributed by atoms with Crippen LogP contribution in [0.3, 0.4) is 0 Å². The van der Waals surface area contributed by atoms with Gasteiger partial charge in [-0.05, 0) is 77.4 Å². The molecule has 3 aromatic rings. The molecule has 29 heavy (non-hydrogen) atoms. The Morgan fingerprint density at radius 1 is 1.24 bits per heavy atom. The number of aromatic carboxylic acids is 1. The van der Waals surface area contributed by atoms with Crippen LogP contribution in [0.1, 0.15) is 27.9 Å². The first-order valence-electron chi connectivity index (χ1n) is 8.74. The number of thioether (sulfide) groups is 1. The van der Waals surface area contributed by atoms with Crippen molar-refractivity contribution < 1.29 is 18.3 Å². The molecule has 2 N–H and O–H groups in total. The van der Waals surface area contributed by atoms with Gasteiger partial charge in [-0.1, -0.05) is 17.8 Å². The van der Waals surface area contributed by atoms with Gasteiger partial charge in [0.05, 0.1) is 21.8 Å². The first-order valence-corrected chi connectivity index (χ1v) is 11.4. The van der Waals surface area contributed by atoms with Crippen LogP contribution < -0.4 is 4.72 Å². The lowest BCUT2D eigenvalue weighted by molar-refractivity contribution is 0.0696. The zero-order valence-electron chi connectivity index (χ0n) is 15.4. The largest absolute Gasteiger partial charge is 0.478 e. The number of anilines is 1. The summed E-state index contributed by atoms with van der Waals surface area (Å²) >= 11 is 1.36. The third-order valence-electron chi connectivity index (χ3n) is 4.68. The summed E-state index contributed by atoms with van der Waals surface area (Å²) < 4.78 is 30.3. The maximum absolute atomic E-state index is 13.1. The normalized spacial score (nSPS) is 13.3. The van der Waals surface area contributed by atoms with Crippen LogP contribution in [0.25, 0.3) is 5.69 Å². The molecule has 1 aliphatic rings. The Bertz CT molecular complexity index is 1210. The van der Waals surface area contributed by atoms with Crippen molar-refractivity contribution in [2.45, 2.75) is 29.3 Å². The zero-order valence-corrected chi connectivity index (χ0v) is 17.0. The summed E-state index contributed by atoms with van der Waals surface area (Å²) in [6, 6.07) is 9.48. The maximum atomic E-state index is 13.1. The number of fused-ring (bicyclic) bond motifs is 1. The van der Waals surface area contributed by atoms with Crippen LogP contribution in [0.2, 0.25) is 0 Å². The number of rotatable bonds is 6. The number of benzene rings is 2. The molecule has 0 unspecified atom stereocenters. The van der Waals surface area contributed by atoms with Gasteiger partial charge in [0.15, 0.2) is 0 Å². The Hall–Kier alpha value is -2.92. The molecule has 0 bridgehead atoms. The standard InChI is InChI=1S/C18H17N5O4S2/c1-28-18-19-21-22-23(18)14-6-3-5-13(10-14)20-29(26,27)16-9-12(17(24)25)8-11-4-2-7-15(11)16/h3,5-6,8-10,20H,2,4,7H2,1H3,(H,24,25). The van der Waals surface area contributed by atoms with Gasteiger partial charge >= 0.3 is 5.97 Å². The van der Waals surface area contributed by atoms with Crippen molar-refractivity contribution in [2.24, 2.45) is 0 Å². The molecule has 0 fully saturated rings. The number of nitrogens with one attached hydrogen (secondary N) is 1. The SMILES string of the molecule is CSc1nnnn1-c1cccc(NS(=O)(=O)c2cc(C(=O)O)cc3c2CCC3)c1. The zero-order chi connectivity index (χ0) is 20.6. The Balaban J connectivity index is 1.72. The molecule has 0 spiro atoms. The van der Waals surface area contributed by atoms with Crippen molar-refractivity contribution in [1.82, 2.24) is 20.2 Å². The highest BCUT2D eigenvalue weighted by molar-refractivity contribution is 7.98. The van der Waals surface area contributed by atoms with E-state index in [2.05, 4.69) is 20.2 Å². The lowest BCUT2D eigenvalue weighted by Gasteiger charge is -2.14. The summed E-state index contributed by atoms with van der Waals surface area (Å²) in [5.74, 6) is -1.15. The minimum absolute atomic E-state index is 0.0162. The number of hydrogen-bond acceptors (Lipinski definition) is 7. The van der Waals surface area contributed by atoms with Crippen LogP contribution in [0.15, 0.2) is 46.5 Å². The maximum Gasteiger partial charge on any atom is 0.335 e. The fourth-order valence-electron chi connectivity index (χ4n) is 3.41. The van der Waals surface area contributed by atoms with Gasteiger partial charge in [0, 0.05) is 0 Å². The molecular weight excluding hydrogens is 414 g/mol. The van der Waals surface area contributed by atoms with Crippen LogP contribution in [-0.4, -0.2) is 46.0 Å². The monoisotopic (exact) mass is 431 g/mol. The summed E-state index contributed by atoms with van der Waals surface area (Å²) in [5, 5.41) is 21.4. The molecule has 4 rings (SSSR count). The average molecular weight is 431 g/mol. The van der Waals surface area contributed by atoms with Crippen molar-refractivity contribution in [2.75, 3.05) is 11.0 Å². The third kappa shape index (κ3) is 3.70. The predicted octanol–water partition coefficient (Wildman–Crippen LogP) is 2.37. The van der Waals surface area contributed by atoms with Crippen LogP contribution >= 0.6 is 11.8 Å². The molecule has 0 radical (unpaired) electrons. The molecule has 2 aromatic carbocycles. The molecule has 1 heterocycles. The van der Waals surface area contributed by atoms with Gasteiger partial charge in [-0.3, -0.25) is 4.72 Å². The lowest BCUT2D eigenvalue weighted by Crippen LogP contribution is -2.16. The minimum Gasteiger partial charge on any atom is -0.478 e. The van der Waals surface area contributed by atoms with E-state index in [0.717, 1.165) is 12.0 Å². The topological polar surface area (TPSA) is 127 Å². The second kappa shape index (κ2) is 7.48. The lowest BCUT2D eigenvalue weighted by atomic mass is 10.1. The second-order valence-corrected chi connectivity index (χ2v) is 8.93. The van der Waals surface area contributed by atoms with Crippen LogP contribution in [0, 0.1) is 0 Å². The van der Waals surface area contributed by atoms with Crippen molar-refractivity contribution >= 4 is 33.4 Å². The van der Waals surface area contributed by atoms with Crippen molar-refractivity contribution in [1.29, 1.82) is 0 Å². The van der Waals surface area contributed by atoms with Gasteiger partial charge < -0.3 is 5.11 Å².